The maximum absolute atomic E-state index is 10.0. The third-order valence-corrected chi connectivity index (χ3v) is 3.94. The molecular weight excluding hydrogens is 236 g/mol. The van der Waals surface area contributed by atoms with Gasteiger partial charge in [-0.3, -0.25) is 4.90 Å². The van der Waals surface area contributed by atoms with E-state index in [0.717, 1.165) is 19.6 Å². The lowest BCUT2D eigenvalue weighted by atomic mass is 9.89. The van der Waals surface area contributed by atoms with Crippen molar-refractivity contribution in [3.63, 3.8) is 0 Å². The van der Waals surface area contributed by atoms with E-state index in [1.807, 2.05) is 0 Å². The second-order valence-corrected chi connectivity index (χ2v) is 7.15. The Kier molecular flexibility index (Phi) is 6.51. The van der Waals surface area contributed by atoms with E-state index >= 15 is 0 Å². The molecule has 1 saturated heterocycles. The molecule has 3 nitrogen and oxygen atoms in total. The molecule has 0 amide bonds. The first-order valence-corrected chi connectivity index (χ1v) is 7.56. The van der Waals surface area contributed by atoms with E-state index in [-0.39, 0.29) is 11.5 Å². The summed E-state index contributed by atoms with van der Waals surface area (Å²) in [6.07, 6.45) is 4.41. The summed E-state index contributed by atoms with van der Waals surface area (Å²) in [5.41, 5.74) is 1.37. The fourth-order valence-electron chi connectivity index (χ4n) is 2.22. The van der Waals surface area contributed by atoms with Gasteiger partial charge in [0.2, 0.25) is 0 Å². The maximum atomic E-state index is 10.0. The summed E-state index contributed by atoms with van der Waals surface area (Å²) in [5.74, 6) is 0. The van der Waals surface area contributed by atoms with Crippen LogP contribution in [0.4, 0.5) is 0 Å². The van der Waals surface area contributed by atoms with Crippen molar-refractivity contribution in [2.24, 2.45) is 5.41 Å². The summed E-state index contributed by atoms with van der Waals surface area (Å²) in [6, 6.07) is 0.569. The zero-order valence-corrected chi connectivity index (χ0v) is 13.4. The Labute approximate surface area is 119 Å². The first kappa shape index (κ1) is 16.7. The van der Waals surface area contributed by atoms with Crippen LogP contribution in [0.1, 0.15) is 47.5 Å². The van der Waals surface area contributed by atoms with Crippen LogP contribution in [0.3, 0.4) is 0 Å². The summed E-state index contributed by atoms with van der Waals surface area (Å²) >= 11 is 0. The summed E-state index contributed by atoms with van der Waals surface area (Å²) in [7, 11) is 0. The van der Waals surface area contributed by atoms with Gasteiger partial charge in [0.25, 0.3) is 0 Å². The minimum Gasteiger partial charge on any atom is -0.391 e. The summed E-state index contributed by atoms with van der Waals surface area (Å²) < 4.78 is 0. The number of likely N-dealkylation sites (tertiary alicyclic amines) is 1. The van der Waals surface area contributed by atoms with E-state index in [1.165, 1.54) is 18.4 Å². The molecule has 1 aliphatic heterocycles. The van der Waals surface area contributed by atoms with Crippen molar-refractivity contribution in [1.82, 2.24) is 10.2 Å². The summed E-state index contributed by atoms with van der Waals surface area (Å²) in [5, 5.41) is 13.6. The Morgan fingerprint density at radius 1 is 1.32 bits per heavy atom. The molecule has 1 fully saturated rings. The molecule has 0 aromatic heterocycles. The van der Waals surface area contributed by atoms with E-state index in [1.54, 1.807) is 0 Å². The first-order valence-electron chi connectivity index (χ1n) is 7.56. The largest absolute Gasteiger partial charge is 0.391 e. The molecule has 3 heteroatoms. The number of allylic oxidation sites excluding steroid dienone is 1. The molecule has 0 spiro atoms. The first-order chi connectivity index (χ1) is 8.79. The summed E-state index contributed by atoms with van der Waals surface area (Å²) in [6.45, 7) is 14.7. The smallest absolute Gasteiger partial charge is 0.0712 e. The quantitative estimate of drug-likeness (QED) is 0.752. The predicted octanol–water partition coefficient (Wildman–Crippen LogP) is 2.41. The maximum Gasteiger partial charge on any atom is 0.0712 e. The normalized spacial score (nSPS) is 20.3. The Bertz CT molecular complexity index is 282. The molecule has 112 valence electrons. The van der Waals surface area contributed by atoms with E-state index in [0.29, 0.717) is 12.6 Å². The van der Waals surface area contributed by atoms with Gasteiger partial charge in [0, 0.05) is 19.1 Å². The second kappa shape index (κ2) is 7.41. The van der Waals surface area contributed by atoms with Crippen LogP contribution in [0.25, 0.3) is 0 Å². The number of nitrogens with zero attached hydrogens (tertiary/aromatic N) is 1. The van der Waals surface area contributed by atoms with Crippen LogP contribution in [0, 0.1) is 5.41 Å². The highest BCUT2D eigenvalue weighted by molar-refractivity contribution is 4.95. The zero-order valence-electron chi connectivity index (χ0n) is 13.4. The van der Waals surface area contributed by atoms with Crippen molar-refractivity contribution in [3.8, 4) is 0 Å². The molecule has 1 rings (SSSR count). The van der Waals surface area contributed by atoms with Gasteiger partial charge >= 0.3 is 0 Å². The van der Waals surface area contributed by atoms with Gasteiger partial charge in [-0.25, -0.2) is 0 Å². The fourth-order valence-corrected chi connectivity index (χ4v) is 2.22. The Balaban J connectivity index is 2.22. The molecule has 0 aromatic carbocycles. The molecule has 1 unspecified atom stereocenters. The highest BCUT2D eigenvalue weighted by atomic mass is 16.3. The third-order valence-electron chi connectivity index (χ3n) is 3.94. The van der Waals surface area contributed by atoms with Crippen molar-refractivity contribution in [3.05, 3.63) is 11.6 Å². The topological polar surface area (TPSA) is 35.5 Å². The van der Waals surface area contributed by atoms with Crippen LogP contribution >= 0.6 is 0 Å². The zero-order chi connectivity index (χ0) is 14.5. The van der Waals surface area contributed by atoms with Crippen LogP contribution in [0.2, 0.25) is 0 Å². The number of hydrogen-bond donors (Lipinski definition) is 2. The number of aliphatic hydroxyl groups is 1. The Morgan fingerprint density at radius 3 is 2.37 bits per heavy atom. The Morgan fingerprint density at radius 2 is 1.89 bits per heavy atom. The lowest BCUT2D eigenvalue weighted by Gasteiger charge is -2.34. The van der Waals surface area contributed by atoms with Crippen LogP contribution in [0.5, 0.6) is 0 Å². The van der Waals surface area contributed by atoms with Gasteiger partial charge in [-0.1, -0.05) is 32.4 Å². The number of rotatable bonds is 5. The predicted molar refractivity (Wildman–Crippen MR) is 82.4 cm³/mol. The van der Waals surface area contributed by atoms with Crippen molar-refractivity contribution >= 4 is 0 Å². The monoisotopic (exact) mass is 268 g/mol. The van der Waals surface area contributed by atoms with Gasteiger partial charge in [-0.15, -0.1) is 0 Å². The van der Waals surface area contributed by atoms with Gasteiger partial charge in [0.1, 0.15) is 0 Å². The highest BCUT2D eigenvalue weighted by Crippen LogP contribution is 2.19. The molecule has 0 aromatic rings. The van der Waals surface area contributed by atoms with E-state index in [2.05, 4.69) is 50.9 Å². The molecule has 0 bridgehead atoms. The van der Waals surface area contributed by atoms with Crippen molar-refractivity contribution in [2.75, 3.05) is 26.2 Å². The highest BCUT2D eigenvalue weighted by Gasteiger charge is 2.24. The number of aliphatic hydroxyl groups excluding tert-OH is 1. The van der Waals surface area contributed by atoms with Gasteiger partial charge < -0.3 is 10.4 Å². The average molecular weight is 268 g/mol. The molecule has 1 aliphatic rings. The summed E-state index contributed by atoms with van der Waals surface area (Å²) in [4.78, 5) is 2.51. The lowest BCUT2D eigenvalue weighted by Crippen LogP contribution is -2.46. The van der Waals surface area contributed by atoms with E-state index in [4.69, 9.17) is 0 Å². The molecule has 0 radical (unpaired) electrons. The molecular formula is C16H32N2O. The number of piperidine rings is 1. The standard InChI is InChI=1S/C16H32N2O/c1-13(2)6-9-18-10-7-14(8-11-18)17-12-15(19)16(3,4)5/h6,14-15,17,19H,7-12H2,1-5H3. The van der Waals surface area contributed by atoms with Crippen LogP contribution in [0.15, 0.2) is 11.6 Å². The molecule has 19 heavy (non-hydrogen) atoms. The van der Waals surface area contributed by atoms with Gasteiger partial charge in [-0.2, -0.15) is 0 Å². The molecule has 0 saturated carbocycles. The average Bonchev–Trinajstić information content (AvgIpc) is 2.33. The van der Waals surface area contributed by atoms with Crippen molar-refractivity contribution < 1.29 is 5.11 Å². The number of hydrogen-bond acceptors (Lipinski definition) is 3. The lowest BCUT2D eigenvalue weighted by molar-refractivity contribution is 0.0575. The van der Waals surface area contributed by atoms with Crippen LogP contribution < -0.4 is 5.32 Å². The van der Waals surface area contributed by atoms with Crippen molar-refractivity contribution in [2.45, 2.75) is 59.6 Å². The molecule has 2 N–H and O–H groups in total. The van der Waals surface area contributed by atoms with E-state index < -0.39 is 0 Å². The SMILES string of the molecule is CC(C)=CCN1CCC(NCC(O)C(C)(C)C)CC1. The number of nitrogens with one attached hydrogen (secondary N) is 1. The molecule has 1 atom stereocenters. The van der Waals surface area contributed by atoms with Gasteiger partial charge in [-0.05, 0) is 45.2 Å². The van der Waals surface area contributed by atoms with Crippen LogP contribution in [-0.4, -0.2) is 48.3 Å². The van der Waals surface area contributed by atoms with Crippen LogP contribution in [-0.2, 0) is 0 Å². The van der Waals surface area contributed by atoms with Gasteiger partial charge in [0.15, 0.2) is 0 Å². The second-order valence-electron chi connectivity index (χ2n) is 7.15. The van der Waals surface area contributed by atoms with Gasteiger partial charge in [0.05, 0.1) is 6.10 Å². The van der Waals surface area contributed by atoms with E-state index in [9.17, 15) is 5.11 Å². The minimum atomic E-state index is -0.267. The fraction of sp³-hybridized carbons (Fsp3) is 0.875. The van der Waals surface area contributed by atoms with Crippen molar-refractivity contribution in [1.29, 1.82) is 0 Å². The Hall–Kier alpha value is -0.380. The molecule has 0 aliphatic carbocycles. The third kappa shape index (κ3) is 6.55. The molecule has 1 heterocycles. The minimum absolute atomic E-state index is 0.0306.